The van der Waals surface area contributed by atoms with Crippen LogP contribution in [0.2, 0.25) is 0 Å². The Bertz CT molecular complexity index is 988. The van der Waals surface area contributed by atoms with E-state index in [1.807, 2.05) is 29.6 Å². The number of nitrogens with two attached hydrogens (primary N) is 1. The zero-order valence-electron chi connectivity index (χ0n) is 18.0. The van der Waals surface area contributed by atoms with Crippen molar-refractivity contribution in [2.75, 3.05) is 25.8 Å². The molecule has 3 rings (SSSR count). The van der Waals surface area contributed by atoms with Crippen molar-refractivity contribution < 1.29 is 24.5 Å². The van der Waals surface area contributed by atoms with Crippen LogP contribution in [0.25, 0.3) is 11.3 Å². The fourth-order valence-electron chi connectivity index (χ4n) is 4.20. The Kier molecular flexibility index (Phi) is 6.91. The lowest BCUT2D eigenvalue weighted by Gasteiger charge is -2.43. The molecule has 1 saturated heterocycles. The highest BCUT2D eigenvalue weighted by molar-refractivity contribution is 7.61. The van der Waals surface area contributed by atoms with Crippen molar-refractivity contribution in [2.24, 2.45) is 12.8 Å². The third-order valence-electron chi connectivity index (χ3n) is 6.19. The maximum absolute atomic E-state index is 13.0. The molecule has 1 fully saturated rings. The van der Waals surface area contributed by atoms with Gasteiger partial charge in [-0.2, -0.15) is 0 Å². The number of aromatic hydroxyl groups is 1. The smallest absolute Gasteiger partial charge is 0.320 e. The first-order chi connectivity index (χ1) is 14.6. The van der Waals surface area contributed by atoms with Gasteiger partial charge in [-0.3, -0.25) is 14.3 Å². The van der Waals surface area contributed by atoms with Crippen LogP contribution in [0.3, 0.4) is 0 Å². The van der Waals surface area contributed by atoms with E-state index >= 15 is 0 Å². The summed E-state index contributed by atoms with van der Waals surface area (Å²) in [5.74, 6) is -0.290. The highest BCUT2D eigenvalue weighted by atomic mass is 31.2. The average molecular weight is 450 g/mol. The molecule has 0 amide bonds. The Hall–Kier alpha value is -2.19. The second-order valence-electron chi connectivity index (χ2n) is 8.34. The van der Waals surface area contributed by atoms with Crippen LogP contribution in [0.5, 0.6) is 5.75 Å². The minimum Gasteiger partial charge on any atom is -0.508 e. The maximum atomic E-state index is 13.0. The monoisotopic (exact) mass is 450 g/mol. The van der Waals surface area contributed by atoms with Crippen LogP contribution in [0.15, 0.2) is 24.4 Å². The van der Waals surface area contributed by atoms with E-state index in [2.05, 4.69) is 4.98 Å². The van der Waals surface area contributed by atoms with Crippen molar-refractivity contribution in [1.29, 1.82) is 0 Å². The number of carboxylic acids is 1. The summed E-state index contributed by atoms with van der Waals surface area (Å²) in [6.45, 7) is 2.99. The van der Waals surface area contributed by atoms with Crippen molar-refractivity contribution in [3.8, 4) is 17.0 Å². The summed E-state index contributed by atoms with van der Waals surface area (Å²) in [5.41, 5.74) is 7.87. The number of imidazole rings is 1. The number of nitrogens with zero attached hydrogens (tertiary/aromatic N) is 3. The zero-order chi connectivity index (χ0) is 22.8. The lowest BCUT2D eigenvalue weighted by molar-refractivity contribution is -0.141. The van der Waals surface area contributed by atoms with Crippen molar-refractivity contribution >= 4 is 13.3 Å². The normalized spacial score (nSPS) is 24.4. The summed E-state index contributed by atoms with van der Waals surface area (Å²) in [7, 11) is -2.00. The first-order valence-electron chi connectivity index (χ1n) is 10.4. The summed E-state index contributed by atoms with van der Waals surface area (Å²) in [4.78, 5) is 29.3. The van der Waals surface area contributed by atoms with Crippen molar-refractivity contribution in [3.63, 3.8) is 0 Å². The van der Waals surface area contributed by atoms with Gasteiger partial charge < -0.3 is 25.4 Å². The number of hydrogen-bond acceptors (Lipinski definition) is 6. The van der Waals surface area contributed by atoms with Gasteiger partial charge in [-0.1, -0.05) is 12.5 Å². The van der Waals surface area contributed by atoms with Crippen LogP contribution < -0.4 is 5.73 Å². The van der Waals surface area contributed by atoms with Gasteiger partial charge in [-0.05, 0) is 44.0 Å². The molecule has 0 spiro atoms. The van der Waals surface area contributed by atoms with Gasteiger partial charge >= 0.3 is 5.97 Å². The minimum atomic E-state index is -3.88. The Morgan fingerprint density at radius 2 is 2.10 bits per heavy atom. The van der Waals surface area contributed by atoms with Crippen LogP contribution in [0, 0.1) is 6.92 Å². The Morgan fingerprint density at radius 3 is 2.71 bits per heavy atom. The average Bonchev–Trinajstić information content (AvgIpc) is 3.04. The highest BCUT2D eigenvalue weighted by Gasteiger charge is 2.56. The van der Waals surface area contributed by atoms with Gasteiger partial charge in [0, 0.05) is 44.6 Å². The van der Waals surface area contributed by atoms with E-state index < -0.39 is 18.5 Å². The molecule has 1 aromatic heterocycles. The van der Waals surface area contributed by atoms with Crippen molar-refractivity contribution in [2.45, 2.75) is 37.9 Å². The van der Waals surface area contributed by atoms with Gasteiger partial charge in [0.25, 0.3) is 0 Å². The van der Waals surface area contributed by atoms with Crippen LogP contribution >= 0.6 is 7.37 Å². The zero-order valence-corrected chi connectivity index (χ0v) is 18.9. The standard InChI is InChI=1S/C21H31N4O5P/c1-15-23-19(13-24(15)2)18-11-17(26)6-5-16(18)12-25-9-10-31(29,30)21(14-25,20(27)28)7-3-4-8-22/h5-6,11,13,26H,3-4,7-10,12,14,22H2,1-2H3,(H,27,28)(H,29,30)/t21-/m0/s1. The number of phenols is 1. The molecule has 1 aromatic carbocycles. The Labute approximate surface area is 182 Å². The van der Waals surface area contributed by atoms with E-state index in [0.29, 0.717) is 38.2 Å². The predicted octanol–water partition coefficient (Wildman–Crippen LogP) is 2.14. The molecule has 1 unspecified atom stereocenters. The quantitative estimate of drug-likeness (QED) is 0.354. The van der Waals surface area contributed by atoms with E-state index in [0.717, 1.165) is 17.0 Å². The number of aromatic nitrogens is 2. The SMILES string of the molecule is Cc1nc(-c2cc(O)ccc2CN2CCP(=O)(O)[C@](CCCCN)(C(=O)O)C2)cn1C. The molecule has 0 bridgehead atoms. The van der Waals surface area contributed by atoms with Crippen LogP contribution in [0.4, 0.5) is 0 Å². The fraction of sp³-hybridized carbons (Fsp3) is 0.524. The van der Waals surface area contributed by atoms with E-state index in [1.54, 1.807) is 18.2 Å². The first kappa shape index (κ1) is 23.5. The minimum absolute atomic E-state index is 0.0117. The van der Waals surface area contributed by atoms with E-state index in [9.17, 15) is 24.5 Å². The van der Waals surface area contributed by atoms with Gasteiger partial charge in [0.1, 0.15) is 11.6 Å². The van der Waals surface area contributed by atoms with Crippen molar-refractivity contribution in [1.82, 2.24) is 14.5 Å². The summed E-state index contributed by atoms with van der Waals surface area (Å²) in [5, 5.41) is 18.3. The number of aliphatic carboxylic acids is 1. The largest absolute Gasteiger partial charge is 0.508 e. The number of benzene rings is 1. The topological polar surface area (TPSA) is 142 Å². The molecule has 0 aliphatic carbocycles. The number of aryl methyl sites for hydroxylation is 2. The molecule has 2 aromatic rings. The molecule has 0 radical (unpaired) electrons. The van der Waals surface area contributed by atoms with Gasteiger partial charge in [0.05, 0.1) is 5.69 Å². The Morgan fingerprint density at radius 1 is 1.35 bits per heavy atom. The number of hydrogen-bond donors (Lipinski definition) is 4. The molecular formula is C21H31N4O5P. The summed E-state index contributed by atoms with van der Waals surface area (Å²) < 4.78 is 14.9. The summed E-state index contributed by atoms with van der Waals surface area (Å²) in [6.07, 6.45) is 3.01. The van der Waals surface area contributed by atoms with Gasteiger partial charge in [-0.25, -0.2) is 4.98 Å². The molecule has 2 heterocycles. The third kappa shape index (κ3) is 4.70. The van der Waals surface area contributed by atoms with Crippen LogP contribution in [0.1, 0.15) is 30.7 Å². The lowest BCUT2D eigenvalue weighted by atomic mass is 9.98. The molecule has 2 atom stereocenters. The summed E-state index contributed by atoms with van der Waals surface area (Å²) in [6, 6.07) is 5.02. The molecular weight excluding hydrogens is 419 g/mol. The third-order valence-corrected chi connectivity index (χ3v) is 8.89. The fourth-order valence-corrected chi connectivity index (χ4v) is 6.40. The number of carboxylic acid groups (broad SMARTS) is 1. The van der Waals surface area contributed by atoms with Gasteiger partial charge in [-0.15, -0.1) is 0 Å². The number of rotatable bonds is 8. The first-order valence-corrected chi connectivity index (χ1v) is 12.2. The van der Waals surface area contributed by atoms with Gasteiger partial charge in [0.15, 0.2) is 5.16 Å². The number of carbonyl (C=O) groups is 1. The lowest BCUT2D eigenvalue weighted by Crippen LogP contribution is -2.53. The number of unbranched alkanes of at least 4 members (excludes halogenated alkanes) is 1. The molecule has 31 heavy (non-hydrogen) atoms. The molecule has 1 aliphatic heterocycles. The second kappa shape index (κ2) is 9.12. The highest BCUT2D eigenvalue weighted by Crippen LogP contribution is 2.59. The predicted molar refractivity (Wildman–Crippen MR) is 118 cm³/mol. The molecule has 1 aliphatic rings. The maximum Gasteiger partial charge on any atom is 0.320 e. The summed E-state index contributed by atoms with van der Waals surface area (Å²) >= 11 is 0. The van der Waals surface area contributed by atoms with Crippen molar-refractivity contribution in [3.05, 3.63) is 35.8 Å². The molecule has 5 N–H and O–H groups in total. The van der Waals surface area contributed by atoms with E-state index in [1.165, 1.54) is 0 Å². The molecule has 9 nitrogen and oxygen atoms in total. The van der Waals surface area contributed by atoms with E-state index in [-0.39, 0.29) is 24.9 Å². The number of phenolic OH excluding ortho intramolecular Hbond substituents is 1. The van der Waals surface area contributed by atoms with E-state index in [4.69, 9.17) is 5.73 Å². The van der Waals surface area contributed by atoms with Crippen LogP contribution in [-0.4, -0.2) is 66.5 Å². The molecule has 10 heteroatoms. The molecule has 170 valence electrons. The second-order valence-corrected chi connectivity index (χ2v) is 11.1. The molecule has 0 saturated carbocycles. The van der Waals surface area contributed by atoms with Gasteiger partial charge in [0.2, 0.25) is 7.37 Å². The van der Waals surface area contributed by atoms with Crippen LogP contribution in [-0.2, 0) is 23.0 Å². The Balaban J connectivity index is 1.91.